The summed E-state index contributed by atoms with van der Waals surface area (Å²) in [5, 5.41) is 10.2. The minimum atomic E-state index is -0.919. The van der Waals surface area contributed by atoms with Crippen LogP contribution in [0.2, 0.25) is 5.02 Å². The highest BCUT2D eigenvalue weighted by Crippen LogP contribution is 2.43. The van der Waals surface area contributed by atoms with E-state index in [1.165, 1.54) is 0 Å². The number of nitrogens with zero attached hydrogens (tertiary/aromatic N) is 1. The predicted octanol–water partition coefficient (Wildman–Crippen LogP) is 3.57. The molecule has 0 bridgehead atoms. The molecule has 2 aliphatic heterocycles. The molecule has 6 heteroatoms. The Balaban J connectivity index is 1.65. The summed E-state index contributed by atoms with van der Waals surface area (Å²) >= 11 is 6.32. The molecule has 27 heavy (non-hydrogen) atoms. The third-order valence-electron chi connectivity index (χ3n) is 5.72. The maximum atomic E-state index is 13.2. The maximum absolute atomic E-state index is 13.2. The summed E-state index contributed by atoms with van der Waals surface area (Å²) in [5.74, 6) is -1.27. The van der Waals surface area contributed by atoms with Crippen LogP contribution in [0.4, 0.5) is 0 Å². The zero-order valence-electron chi connectivity index (χ0n) is 14.7. The number of halogens is 1. The molecule has 2 heterocycles. The number of carbonyl (C=O) groups excluding carboxylic acids is 1. The number of hydrogen-bond acceptors (Lipinski definition) is 3. The van der Waals surface area contributed by atoms with Gasteiger partial charge < -0.3 is 14.7 Å². The fourth-order valence-corrected chi connectivity index (χ4v) is 4.32. The van der Waals surface area contributed by atoms with Gasteiger partial charge in [0.25, 0.3) is 5.91 Å². The molecule has 2 atom stereocenters. The topological polar surface area (TPSA) is 66.8 Å². The summed E-state index contributed by atoms with van der Waals surface area (Å²) < 4.78 is 5.47. The van der Waals surface area contributed by atoms with Crippen LogP contribution in [-0.2, 0) is 9.53 Å². The number of amides is 1. The highest BCUT2D eigenvalue weighted by Gasteiger charge is 2.55. The molecule has 140 valence electrons. The first kappa shape index (κ1) is 18.0. The maximum Gasteiger partial charge on any atom is 0.311 e. The fraction of sp³-hybridized carbons (Fsp3) is 0.333. The summed E-state index contributed by atoms with van der Waals surface area (Å²) in [6.07, 6.45) is 0.425. The van der Waals surface area contributed by atoms with Gasteiger partial charge >= 0.3 is 5.97 Å². The first-order valence-electron chi connectivity index (χ1n) is 8.97. The Hall–Kier alpha value is -2.37. The van der Waals surface area contributed by atoms with Gasteiger partial charge in [-0.2, -0.15) is 0 Å². The molecule has 0 radical (unpaired) electrons. The second-order valence-electron chi connectivity index (χ2n) is 7.23. The third kappa shape index (κ3) is 3.11. The van der Waals surface area contributed by atoms with Crippen LogP contribution < -0.4 is 0 Å². The van der Waals surface area contributed by atoms with Crippen molar-refractivity contribution >= 4 is 23.5 Å². The van der Waals surface area contributed by atoms with Crippen LogP contribution in [0.25, 0.3) is 11.1 Å². The van der Waals surface area contributed by atoms with Gasteiger partial charge in [0.1, 0.15) is 0 Å². The smallest absolute Gasteiger partial charge is 0.311 e. The van der Waals surface area contributed by atoms with E-state index in [0.29, 0.717) is 36.8 Å². The Morgan fingerprint density at radius 2 is 1.93 bits per heavy atom. The number of aliphatic carboxylic acids is 1. The van der Waals surface area contributed by atoms with Gasteiger partial charge in [0, 0.05) is 25.6 Å². The van der Waals surface area contributed by atoms with E-state index < -0.39 is 11.4 Å². The van der Waals surface area contributed by atoms with Crippen LogP contribution >= 0.6 is 11.6 Å². The van der Waals surface area contributed by atoms with E-state index in [2.05, 4.69) is 0 Å². The molecule has 1 N–H and O–H groups in total. The summed E-state index contributed by atoms with van der Waals surface area (Å²) in [6, 6.07) is 15.1. The molecule has 2 saturated heterocycles. The highest BCUT2D eigenvalue weighted by atomic mass is 35.5. The Bertz CT molecular complexity index is 885. The van der Waals surface area contributed by atoms with Crippen LogP contribution in [0.15, 0.2) is 48.5 Å². The molecule has 0 unspecified atom stereocenters. The summed E-state index contributed by atoms with van der Waals surface area (Å²) in [7, 11) is 0. The van der Waals surface area contributed by atoms with Crippen LogP contribution in [0, 0.1) is 11.3 Å². The van der Waals surface area contributed by atoms with Gasteiger partial charge in [0.15, 0.2) is 0 Å². The lowest BCUT2D eigenvalue weighted by Crippen LogP contribution is -2.45. The van der Waals surface area contributed by atoms with Crippen molar-refractivity contribution in [1.82, 2.24) is 4.90 Å². The van der Waals surface area contributed by atoms with E-state index in [-0.39, 0.29) is 18.4 Å². The zero-order chi connectivity index (χ0) is 19.0. The van der Waals surface area contributed by atoms with Crippen molar-refractivity contribution in [2.75, 3.05) is 26.3 Å². The van der Waals surface area contributed by atoms with Gasteiger partial charge in [0.2, 0.25) is 0 Å². The molecule has 2 aromatic rings. The van der Waals surface area contributed by atoms with Crippen molar-refractivity contribution in [1.29, 1.82) is 0 Å². The molecule has 0 aromatic heterocycles. The Morgan fingerprint density at radius 3 is 2.63 bits per heavy atom. The van der Waals surface area contributed by atoms with Crippen LogP contribution in [0.3, 0.4) is 0 Å². The summed E-state index contributed by atoms with van der Waals surface area (Å²) in [6.45, 7) is 1.35. The van der Waals surface area contributed by atoms with Crippen molar-refractivity contribution in [2.45, 2.75) is 6.42 Å². The number of carboxylic acids is 1. The van der Waals surface area contributed by atoms with E-state index in [1.807, 2.05) is 36.4 Å². The van der Waals surface area contributed by atoms with Gasteiger partial charge in [-0.1, -0.05) is 48.0 Å². The zero-order valence-corrected chi connectivity index (χ0v) is 15.5. The normalized spacial score (nSPS) is 24.5. The van der Waals surface area contributed by atoms with Crippen LogP contribution in [0.5, 0.6) is 0 Å². The fourth-order valence-electron chi connectivity index (χ4n) is 4.12. The molecule has 2 aromatic carbocycles. The number of fused-ring (bicyclic) bond motifs is 1. The van der Waals surface area contributed by atoms with E-state index in [0.717, 1.165) is 11.1 Å². The molecular formula is C21H20ClNO4. The number of likely N-dealkylation sites (tertiary alicyclic amines) is 1. The number of hydrogen-bond donors (Lipinski definition) is 1. The highest BCUT2D eigenvalue weighted by molar-refractivity contribution is 6.34. The second kappa shape index (κ2) is 6.98. The van der Waals surface area contributed by atoms with Crippen LogP contribution in [0.1, 0.15) is 16.8 Å². The summed E-state index contributed by atoms with van der Waals surface area (Å²) in [4.78, 5) is 26.7. The summed E-state index contributed by atoms with van der Waals surface area (Å²) in [5.41, 5.74) is 1.38. The molecular weight excluding hydrogens is 366 g/mol. The molecule has 4 rings (SSSR count). The standard InChI is InChI=1S/C21H20ClNO4/c22-18-7-6-15(14-4-2-1-3-5-14)10-17(18)19(24)23-11-16-12-27-9-8-21(16,13-23)20(25)26/h1-7,10,16H,8-9,11-13H2,(H,25,26)/t16-,21+/m0/s1. The van der Waals surface area contributed by atoms with Gasteiger partial charge in [-0.25, -0.2) is 0 Å². The molecule has 0 aliphatic carbocycles. The number of ether oxygens (including phenoxy) is 1. The lowest BCUT2D eigenvalue weighted by atomic mass is 9.74. The molecule has 0 saturated carbocycles. The van der Waals surface area contributed by atoms with Crippen molar-refractivity contribution < 1.29 is 19.4 Å². The number of carbonyl (C=O) groups is 2. The SMILES string of the molecule is O=C(c1cc(-c2ccccc2)ccc1Cl)N1C[C@H]2COCC[C@@]2(C(=O)O)C1. The van der Waals surface area contributed by atoms with Gasteiger partial charge in [-0.05, 0) is 29.7 Å². The lowest BCUT2D eigenvalue weighted by molar-refractivity contribution is -0.157. The molecule has 0 spiro atoms. The van der Waals surface area contributed by atoms with Gasteiger partial charge in [-0.3, -0.25) is 9.59 Å². The van der Waals surface area contributed by atoms with E-state index in [9.17, 15) is 14.7 Å². The van der Waals surface area contributed by atoms with Gasteiger partial charge in [-0.15, -0.1) is 0 Å². The molecule has 1 amide bonds. The predicted molar refractivity (Wildman–Crippen MR) is 102 cm³/mol. The minimum Gasteiger partial charge on any atom is -0.481 e. The number of rotatable bonds is 3. The Morgan fingerprint density at radius 1 is 1.15 bits per heavy atom. The molecule has 2 aliphatic rings. The first-order chi connectivity index (χ1) is 13.0. The van der Waals surface area contributed by atoms with Crippen LogP contribution in [-0.4, -0.2) is 48.2 Å². The second-order valence-corrected chi connectivity index (χ2v) is 7.64. The quantitative estimate of drug-likeness (QED) is 0.877. The average molecular weight is 386 g/mol. The first-order valence-corrected chi connectivity index (χ1v) is 9.34. The molecule has 2 fully saturated rings. The Kier molecular flexibility index (Phi) is 4.66. The minimum absolute atomic E-state index is 0.191. The largest absolute Gasteiger partial charge is 0.481 e. The Labute approximate surface area is 162 Å². The van der Waals surface area contributed by atoms with E-state index >= 15 is 0 Å². The van der Waals surface area contributed by atoms with Crippen molar-refractivity contribution in [3.05, 3.63) is 59.1 Å². The average Bonchev–Trinajstić information content (AvgIpc) is 3.10. The number of benzene rings is 2. The van der Waals surface area contributed by atoms with E-state index in [4.69, 9.17) is 16.3 Å². The van der Waals surface area contributed by atoms with E-state index in [1.54, 1.807) is 17.0 Å². The van der Waals surface area contributed by atoms with Crippen molar-refractivity contribution in [3.63, 3.8) is 0 Å². The number of carboxylic acid groups (broad SMARTS) is 1. The van der Waals surface area contributed by atoms with Crippen molar-refractivity contribution in [2.24, 2.45) is 11.3 Å². The monoisotopic (exact) mass is 385 g/mol. The third-order valence-corrected chi connectivity index (χ3v) is 6.05. The van der Waals surface area contributed by atoms with Crippen molar-refractivity contribution in [3.8, 4) is 11.1 Å². The molecule has 5 nitrogen and oxygen atoms in total. The van der Waals surface area contributed by atoms with Gasteiger partial charge in [0.05, 0.1) is 22.6 Å². The lowest BCUT2D eigenvalue weighted by Gasteiger charge is -2.33.